The fraction of sp³-hybridized carbons (Fsp3) is 0.538. The molecule has 0 amide bonds. The molecule has 88 valence electrons. The maximum absolute atomic E-state index is 9.81. The first-order valence-corrected chi connectivity index (χ1v) is 6.58. The van der Waals surface area contributed by atoms with Crippen molar-refractivity contribution >= 4 is 21.6 Å². The van der Waals surface area contributed by atoms with Gasteiger partial charge in [0.05, 0.1) is 17.8 Å². The number of rotatable bonds is 2. The lowest BCUT2D eigenvalue weighted by Gasteiger charge is -2.21. The molecule has 0 radical (unpaired) electrons. The molecule has 0 aliphatic heterocycles. The summed E-state index contributed by atoms with van der Waals surface area (Å²) < 4.78 is 1.09. The van der Waals surface area contributed by atoms with Gasteiger partial charge in [-0.1, -0.05) is 6.07 Å². The van der Waals surface area contributed by atoms with Gasteiger partial charge in [0.2, 0.25) is 0 Å². The van der Waals surface area contributed by atoms with Crippen molar-refractivity contribution in [1.82, 2.24) is 0 Å². The maximum Gasteiger partial charge on any atom is 0.0741 e. The van der Waals surface area contributed by atoms with E-state index >= 15 is 0 Å². The van der Waals surface area contributed by atoms with Crippen molar-refractivity contribution in [2.24, 2.45) is 0 Å². The molecule has 1 aliphatic rings. The number of aliphatic hydroxyl groups is 1. The summed E-state index contributed by atoms with van der Waals surface area (Å²) in [6.45, 7) is 4.19. The van der Waals surface area contributed by atoms with Gasteiger partial charge in [0.25, 0.3) is 0 Å². The molecule has 1 aromatic rings. The third kappa shape index (κ3) is 2.41. The standard InChI is InChI=1S/C13H18BrNO/c1-8-6-9(2)13(10(14)7-8)15-11-4-3-5-12(11)16/h6-7,11-12,15-16H,3-5H2,1-2H3/t11-,12-/m0/s1. The second-order valence-corrected chi connectivity index (χ2v) is 5.54. The van der Waals surface area contributed by atoms with E-state index < -0.39 is 0 Å². The number of nitrogens with one attached hydrogen (secondary N) is 1. The third-order valence-corrected chi connectivity index (χ3v) is 3.87. The largest absolute Gasteiger partial charge is 0.391 e. The summed E-state index contributed by atoms with van der Waals surface area (Å²) >= 11 is 3.58. The summed E-state index contributed by atoms with van der Waals surface area (Å²) in [4.78, 5) is 0. The van der Waals surface area contributed by atoms with Gasteiger partial charge in [-0.3, -0.25) is 0 Å². The van der Waals surface area contributed by atoms with E-state index in [9.17, 15) is 5.11 Å². The molecule has 0 saturated heterocycles. The molecule has 0 spiro atoms. The van der Waals surface area contributed by atoms with Crippen molar-refractivity contribution in [2.45, 2.75) is 45.3 Å². The zero-order valence-corrected chi connectivity index (χ0v) is 11.3. The number of anilines is 1. The van der Waals surface area contributed by atoms with Gasteiger partial charge in [-0.05, 0) is 66.2 Å². The fourth-order valence-corrected chi connectivity index (χ4v) is 3.18. The van der Waals surface area contributed by atoms with Gasteiger partial charge in [0.15, 0.2) is 0 Å². The molecular formula is C13H18BrNO. The molecule has 2 atom stereocenters. The minimum Gasteiger partial charge on any atom is -0.391 e. The first kappa shape index (κ1) is 11.9. The summed E-state index contributed by atoms with van der Waals surface area (Å²) in [6.07, 6.45) is 2.88. The van der Waals surface area contributed by atoms with Crippen molar-refractivity contribution in [1.29, 1.82) is 0 Å². The van der Waals surface area contributed by atoms with E-state index in [0.717, 1.165) is 29.4 Å². The van der Waals surface area contributed by atoms with Crippen molar-refractivity contribution in [2.75, 3.05) is 5.32 Å². The van der Waals surface area contributed by atoms with Crippen LogP contribution in [0.25, 0.3) is 0 Å². The predicted octanol–water partition coefficient (Wildman–Crippen LogP) is 3.39. The summed E-state index contributed by atoms with van der Waals surface area (Å²) in [6, 6.07) is 4.48. The molecule has 2 rings (SSSR count). The monoisotopic (exact) mass is 283 g/mol. The van der Waals surface area contributed by atoms with E-state index in [1.165, 1.54) is 11.1 Å². The van der Waals surface area contributed by atoms with Crippen LogP contribution in [0.3, 0.4) is 0 Å². The molecule has 3 heteroatoms. The smallest absolute Gasteiger partial charge is 0.0741 e. The van der Waals surface area contributed by atoms with Crippen molar-refractivity contribution in [3.05, 3.63) is 27.7 Å². The summed E-state index contributed by atoms with van der Waals surface area (Å²) in [7, 11) is 0. The Morgan fingerprint density at radius 2 is 2.06 bits per heavy atom. The number of aliphatic hydroxyl groups excluding tert-OH is 1. The van der Waals surface area contributed by atoms with Gasteiger partial charge in [0.1, 0.15) is 0 Å². The molecular weight excluding hydrogens is 266 g/mol. The van der Waals surface area contributed by atoms with Gasteiger partial charge in [-0.25, -0.2) is 0 Å². The van der Waals surface area contributed by atoms with Crippen LogP contribution in [-0.2, 0) is 0 Å². The highest BCUT2D eigenvalue weighted by molar-refractivity contribution is 9.10. The zero-order valence-electron chi connectivity index (χ0n) is 9.76. The topological polar surface area (TPSA) is 32.3 Å². The van der Waals surface area contributed by atoms with Crippen LogP contribution in [-0.4, -0.2) is 17.3 Å². The first-order valence-electron chi connectivity index (χ1n) is 5.79. The van der Waals surface area contributed by atoms with Crippen LogP contribution in [0, 0.1) is 13.8 Å². The van der Waals surface area contributed by atoms with Crippen LogP contribution in [0.5, 0.6) is 0 Å². The number of halogens is 1. The number of hydrogen-bond acceptors (Lipinski definition) is 2. The number of benzene rings is 1. The SMILES string of the molecule is Cc1cc(C)c(N[C@H]2CCC[C@@H]2O)c(Br)c1. The molecule has 0 heterocycles. The summed E-state index contributed by atoms with van der Waals surface area (Å²) in [5.74, 6) is 0. The Hall–Kier alpha value is -0.540. The van der Waals surface area contributed by atoms with Crippen molar-refractivity contribution in [3.63, 3.8) is 0 Å². The maximum atomic E-state index is 9.81. The van der Waals surface area contributed by atoms with Crippen molar-refractivity contribution in [3.8, 4) is 0 Å². The number of aryl methyl sites for hydroxylation is 2. The Morgan fingerprint density at radius 3 is 2.62 bits per heavy atom. The van der Waals surface area contributed by atoms with E-state index in [1.54, 1.807) is 0 Å². The van der Waals surface area contributed by atoms with Crippen LogP contribution >= 0.6 is 15.9 Å². The molecule has 1 fully saturated rings. The van der Waals surface area contributed by atoms with Gasteiger partial charge in [-0.2, -0.15) is 0 Å². The van der Waals surface area contributed by atoms with Gasteiger partial charge in [0, 0.05) is 4.47 Å². The molecule has 1 saturated carbocycles. The molecule has 2 nitrogen and oxygen atoms in total. The molecule has 16 heavy (non-hydrogen) atoms. The average molecular weight is 284 g/mol. The van der Waals surface area contributed by atoms with Crippen LogP contribution in [0.4, 0.5) is 5.69 Å². The quantitative estimate of drug-likeness (QED) is 0.872. The van der Waals surface area contributed by atoms with Crippen LogP contribution in [0.15, 0.2) is 16.6 Å². The lowest BCUT2D eigenvalue weighted by Crippen LogP contribution is -2.28. The lowest BCUT2D eigenvalue weighted by molar-refractivity contribution is 0.172. The second kappa shape index (κ2) is 4.76. The Labute approximate surface area is 105 Å². The lowest BCUT2D eigenvalue weighted by atomic mass is 10.1. The minimum absolute atomic E-state index is 0.201. The molecule has 2 N–H and O–H groups in total. The van der Waals surface area contributed by atoms with Crippen molar-refractivity contribution < 1.29 is 5.11 Å². The summed E-state index contributed by atoms with van der Waals surface area (Å²) in [5, 5.41) is 13.3. The van der Waals surface area contributed by atoms with Crippen LogP contribution in [0.2, 0.25) is 0 Å². The van der Waals surface area contributed by atoms with E-state index in [2.05, 4.69) is 47.2 Å². The predicted molar refractivity (Wildman–Crippen MR) is 70.9 cm³/mol. The highest BCUT2D eigenvalue weighted by Gasteiger charge is 2.25. The van der Waals surface area contributed by atoms with E-state index in [0.29, 0.717) is 0 Å². The third-order valence-electron chi connectivity index (χ3n) is 3.24. The molecule has 0 bridgehead atoms. The molecule has 1 aliphatic carbocycles. The Kier molecular flexibility index (Phi) is 3.55. The van der Waals surface area contributed by atoms with Crippen LogP contribution in [0.1, 0.15) is 30.4 Å². The van der Waals surface area contributed by atoms with E-state index in [-0.39, 0.29) is 12.1 Å². The minimum atomic E-state index is -0.201. The molecule has 1 aromatic carbocycles. The Bertz CT molecular complexity index is 369. The summed E-state index contributed by atoms with van der Waals surface area (Å²) in [5.41, 5.74) is 3.60. The highest BCUT2D eigenvalue weighted by atomic mass is 79.9. The molecule has 0 aromatic heterocycles. The Balaban J connectivity index is 2.21. The molecule has 0 unspecified atom stereocenters. The fourth-order valence-electron chi connectivity index (χ4n) is 2.39. The van der Waals surface area contributed by atoms with Gasteiger partial charge in [-0.15, -0.1) is 0 Å². The van der Waals surface area contributed by atoms with Crippen LogP contribution < -0.4 is 5.32 Å². The van der Waals surface area contributed by atoms with Gasteiger partial charge >= 0.3 is 0 Å². The first-order chi connectivity index (χ1) is 7.58. The Morgan fingerprint density at radius 1 is 1.31 bits per heavy atom. The van der Waals surface area contributed by atoms with E-state index in [4.69, 9.17) is 0 Å². The average Bonchev–Trinajstić information content (AvgIpc) is 2.57. The zero-order chi connectivity index (χ0) is 11.7. The second-order valence-electron chi connectivity index (χ2n) is 4.69. The number of hydrogen-bond donors (Lipinski definition) is 2. The highest BCUT2D eigenvalue weighted by Crippen LogP contribution is 2.31. The van der Waals surface area contributed by atoms with Gasteiger partial charge < -0.3 is 10.4 Å². The normalized spacial score (nSPS) is 24.8. The van der Waals surface area contributed by atoms with E-state index in [1.807, 2.05) is 0 Å².